The molecule has 0 saturated heterocycles. The van der Waals surface area contributed by atoms with Crippen molar-refractivity contribution in [3.63, 3.8) is 0 Å². The highest BCUT2D eigenvalue weighted by Crippen LogP contribution is 2.66. The summed E-state index contributed by atoms with van der Waals surface area (Å²) in [6.45, 7) is 2.24. The molecule has 2 aliphatic carbocycles. The minimum atomic E-state index is 0.0779. The summed E-state index contributed by atoms with van der Waals surface area (Å²) in [5.41, 5.74) is 3.88. The molecule has 2 fully saturated rings. The molecule has 4 heteroatoms. The molecule has 1 N–H and O–H groups in total. The molecule has 1 aromatic rings. The van der Waals surface area contributed by atoms with Crippen molar-refractivity contribution < 1.29 is 9.53 Å². The summed E-state index contributed by atoms with van der Waals surface area (Å²) in [5, 5.41) is 4.08. The predicted molar refractivity (Wildman–Crippen MR) is 82.3 cm³/mol. The van der Waals surface area contributed by atoms with Gasteiger partial charge in [0.15, 0.2) is 0 Å². The van der Waals surface area contributed by atoms with Crippen molar-refractivity contribution in [1.29, 1.82) is 0 Å². The molecule has 2 aliphatic rings. The zero-order valence-electron chi connectivity index (χ0n) is 12.6. The maximum atomic E-state index is 12.2. The largest absolute Gasteiger partial charge is 0.497 e. The molecular weight excluding hydrogens is 264 g/mol. The molecule has 0 unspecified atom stereocenters. The molecule has 0 heterocycles. The van der Waals surface area contributed by atoms with Gasteiger partial charge in [0.05, 0.1) is 13.3 Å². The number of methoxy groups -OCH3 is 1. The summed E-state index contributed by atoms with van der Waals surface area (Å²) >= 11 is 0. The molecular formula is C17H22N2O2. The van der Waals surface area contributed by atoms with E-state index in [1.165, 1.54) is 25.7 Å². The molecule has 21 heavy (non-hydrogen) atoms. The van der Waals surface area contributed by atoms with Crippen LogP contribution < -0.4 is 10.2 Å². The van der Waals surface area contributed by atoms with E-state index >= 15 is 0 Å². The Kier molecular flexibility index (Phi) is 3.70. The molecule has 3 atom stereocenters. The number of nitrogens with zero attached hydrogens (tertiary/aromatic N) is 1. The number of amides is 1. The Morgan fingerprint density at radius 2 is 2.14 bits per heavy atom. The highest BCUT2D eigenvalue weighted by molar-refractivity contribution is 5.85. The number of hydrogen-bond donors (Lipinski definition) is 1. The van der Waals surface area contributed by atoms with E-state index in [1.807, 2.05) is 24.3 Å². The van der Waals surface area contributed by atoms with Gasteiger partial charge in [-0.25, -0.2) is 5.43 Å². The fourth-order valence-electron chi connectivity index (χ4n) is 3.78. The quantitative estimate of drug-likeness (QED) is 0.683. The van der Waals surface area contributed by atoms with Crippen LogP contribution in [-0.2, 0) is 4.79 Å². The standard InChI is InChI=1S/C17H22N2O2/c1-17-10-4-3-5-14(17)15(17)16(20)19-18-11-12-6-8-13(21-2)9-7-12/h6-9,11,14-15H,3-5,10H2,1-2H3,(H,19,20)/b18-11-/t14-,15+,17+/m1/s1. The van der Waals surface area contributed by atoms with Gasteiger partial charge in [0.1, 0.15) is 5.75 Å². The molecule has 0 aliphatic heterocycles. The third-order valence-electron chi connectivity index (χ3n) is 5.12. The Balaban J connectivity index is 1.55. The number of rotatable bonds is 4. The van der Waals surface area contributed by atoms with Crippen LogP contribution in [0.1, 0.15) is 38.2 Å². The maximum Gasteiger partial charge on any atom is 0.244 e. The van der Waals surface area contributed by atoms with Crippen LogP contribution in [0.5, 0.6) is 5.75 Å². The summed E-state index contributed by atoms with van der Waals surface area (Å²) in [6.07, 6.45) is 6.56. The topological polar surface area (TPSA) is 50.7 Å². The Bertz CT molecular complexity index is 552. The normalized spacial score (nSPS) is 30.8. The lowest BCUT2D eigenvalue weighted by Crippen LogP contribution is -2.22. The van der Waals surface area contributed by atoms with Gasteiger partial charge in [0.25, 0.3) is 0 Å². The van der Waals surface area contributed by atoms with Crippen LogP contribution in [0.15, 0.2) is 29.4 Å². The SMILES string of the molecule is COc1ccc(/C=N\NC(=O)[C@@H]2[C@H]3CCCC[C@@]32C)cc1. The first-order valence-electron chi connectivity index (χ1n) is 7.62. The summed E-state index contributed by atoms with van der Waals surface area (Å²) in [7, 11) is 1.64. The van der Waals surface area contributed by atoms with E-state index in [0.29, 0.717) is 5.92 Å². The third-order valence-corrected chi connectivity index (χ3v) is 5.12. The lowest BCUT2D eigenvalue weighted by atomic mass is 9.90. The molecule has 0 aromatic heterocycles. The van der Waals surface area contributed by atoms with Crippen molar-refractivity contribution >= 4 is 12.1 Å². The molecule has 112 valence electrons. The summed E-state index contributed by atoms with van der Waals surface area (Å²) in [5.74, 6) is 1.62. The Hall–Kier alpha value is -1.84. The van der Waals surface area contributed by atoms with E-state index in [0.717, 1.165) is 11.3 Å². The van der Waals surface area contributed by atoms with Gasteiger partial charge in [-0.2, -0.15) is 5.10 Å². The average molecular weight is 286 g/mol. The number of fused-ring (bicyclic) bond motifs is 1. The van der Waals surface area contributed by atoms with Gasteiger partial charge < -0.3 is 4.74 Å². The molecule has 1 aromatic carbocycles. The van der Waals surface area contributed by atoms with Crippen molar-refractivity contribution in [2.45, 2.75) is 32.6 Å². The van der Waals surface area contributed by atoms with Gasteiger partial charge in [0, 0.05) is 5.92 Å². The van der Waals surface area contributed by atoms with E-state index in [1.54, 1.807) is 13.3 Å². The molecule has 1 amide bonds. The van der Waals surface area contributed by atoms with Crippen molar-refractivity contribution in [2.24, 2.45) is 22.4 Å². The van der Waals surface area contributed by atoms with Crippen molar-refractivity contribution in [3.8, 4) is 5.75 Å². The third kappa shape index (κ3) is 2.67. The number of carbonyl (C=O) groups is 1. The zero-order chi connectivity index (χ0) is 14.9. The van der Waals surface area contributed by atoms with Crippen LogP contribution in [0.3, 0.4) is 0 Å². The first-order valence-corrected chi connectivity index (χ1v) is 7.62. The first-order chi connectivity index (χ1) is 10.1. The molecule has 4 nitrogen and oxygen atoms in total. The number of ether oxygens (including phenoxy) is 1. The van der Waals surface area contributed by atoms with E-state index in [2.05, 4.69) is 17.5 Å². The maximum absolute atomic E-state index is 12.2. The molecule has 0 radical (unpaired) electrons. The Morgan fingerprint density at radius 3 is 2.76 bits per heavy atom. The van der Waals surface area contributed by atoms with Gasteiger partial charge in [0.2, 0.25) is 5.91 Å². The molecule has 0 spiro atoms. The van der Waals surface area contributed by atoms with Gasteiger partial charge in [-0.1, -0.05) is 19.8 Å². The lowest BCUT2D eigenvalue weighted by Gasteiger charge is -2.15. The molecule has 3 rings (SSSR count). The zero-order valence-corrected chi connectivity index (χ0v) is 12.6. The Morgan fingerprint density at radius 1 is 1.38 bits per heavy atom. The van der Waals surface area contributed by atoms with E-state index in [-0.39, 0.29) is 17.2 Å². The molecule has 0 bridgehead atoms. The van der Waals surface area contributed by atoms with Crippen LogP contribution in [-0.4, -0.2) is 19.2 Å². The first kappa shape index (κ1) is 14.1. The number of hydrazone groups is 1. The van der Waals surface area contributed by atoms with Crippen LogP contribution >= 0.6 is 0 Å². The van der Waals surface area contributed by atoms with Crippen molar-refractivity contribution in [2.75, 3.05) is 7.11 Å². The van der Waals surface area contributed by atoms with Gasteiger partial charge in [-0.15, -0.1) is 0 Å². The number of benzene rings is 1. The number of nitrogens with one attached hydrogen (secondary N) is 1. The highest BCUT2D eigenvalue weighted by Gasteiger charge is 2.64. The summed E-state index contributed by atoms with van der Waals surface area (Å²) in [6, 6.07) is 7.57. The smallest absolute Gasteiger partial charge is 0.244 e. The summed E-state index contributed by atoms with van der Waals surface area (Å²) in [4.78, 5) is 12.2. The minimum absolute atomic E-state index is 0.0779. The number of carbonyl (C=O) groups excluding carboxylic acids is 1. The number of hydrogen-bond acceptors (Lipinski definition) is 3. The highest BCUT2D eigenvalue weighted by atomic mass is 16.5. The lowest BCUT2D eigenvalue weighted by molar-refractivity contribution is -0.123. The second-order valence-electron chi connectivity index (χ2n) is 6.34. The van der Waals surface area contributed by atoms with Crippen LogP contribution in [0.2, 0.25) is 0 Å². The van der Waals surface area contributed by atoms with Crippen LogP contribution in [0.25, 0.3) is 0 Å². The fourth-order valence-corrected chi connectivity index (χ4v) is 3.78. The fraction of sp³-hybridized carbons (Fsp3) is 0.529. The predicted octanol–water partition coefficient (Wildman–Crippen LogP) is 2.97. The average Bonchev–Trinajstić information content (AvgIpc) is 3.13. The van der Waals surface area contributed by atoms with E-state index < -0.39 is 0 Å². The van der Waals surface area contributed by atoms with Crippen LogP contribution in [0.4, 0.5) is 0 Å². The van der Waals surface area contributed by atoms with Crippen molar-refractivity contribution in [1.82, 2.24) is 5.43 Å². The van der Waals surface area contributed by atoms with Crippen LogP contribution in [0, 0.1) is 17.3 Å². The van der Waals surface area contributed by atoms with E-state index in [9.17, 15) is 4.79 Å². The second kappa shape index (κ2) is 5.51. The monoisotopic (exact) mass is 286 g/mol. The van der Waals surface area contributed by atoms with Gasteiger partial charge in [-0.05, 0) is 54.0 Å². The minimum Gasteiger partial charge on any atom is -0.497 e. The van der Waals surface area contributed by atoms with E-state index in [4.69, 9.17) is 4.74 Å². The van der Waals surface area contributed by atoms with Crippen molar-refractivity contribution in [3.05, 3.63) is 29.8 Å². The van der Waals surface area contributed by atoms with Gasteiger partial charge >= 0.3 is 0 Å². The summed E-state index contributed by atoms with van der Waals surface area (Å²) < 4.78 is 5.10. The van der Waals surface area contributed by atoms with Gasteiger partial charge in [-0.3, -0.25) is 4.79 Å². The molecule has 2 saturated carbocycles. The second-order valence-corrected chi connectivity index (χ2v) is 6.34. The Labute approximate surface area is 125 Å².